The number of benzene rings is 2. The number of hydrogen-bond acceptors (Lipinski definition) is 2. The van der Waals surface area contributed by atoms with Gasteiger partial charge in [-0.2, -0.15) is 0 Å². The van der Waals surface area contributed by atoms with Crippen molar-refractivity contribution in [3.05, 3.63) is 63.6 Å². The van der Waals surface area contributed by atoms with Crippen LogP contribution in [0.15, 0.2) is 52.5 Å². The maximum absolute atomic E-state index is 6.55. The minimum atomic E-state index is -0.225. The van der Waals surface area contributed by atoms with E-state index in [-0.39, 0.29) is 11.0 Å². The van der Waals surface area contributed by atoms with Crippen LogP contribution in [0.4, 0.5) is 5.69 Å². The highest BCUT2D eigenvalue weighted by atomic mass is 79.9. The molecule has 0 spiro atoms. The highest BCUT2D eigenvalue weighted by Crippen LogP contribution is 2.54. The summed E-state index contributed by atoms with van der Waals surface area (Å²) in [6.45, 7) is 7.07. The number of nitrogens with one attached hydrogen (secondary N) is 1. The van der Waals surface area contributed by atoms with E-state index in [0.717, 1.165) is 16.6 Å². The van der Waals surface area contributed by atoms with Crippen molar-refractivity contribution in [3.63, 3.8) is 0 Å². The molecule has 1 unspecified atom stereocenters. The fraction of sp³-hybridized carbons (Fsp3) is 0.391. The molecule has 3 heteroatoms. The molecule has 2 aromatic carbocycles. The van der Waals surface area contributed by atoms with Gasteiger partial charge in [-0.05, 0) is 72.6 Å². The van der Waals surface area contributed by atoms with E-state index in [4.69, 9.17) is 4.74 Å². The van der Waals surface area contributed by atoms with E-state index in [1.807, 2.05) is 0 Å². The second kappa shape index (κ2) is 5.39. The summed E-state index contributed by atoms with van der Waals surface area (Å²) >= 11 is 3.60. The van der Waals surface area contributed by atoms with Crippen LogP contribution in [0, 0.1) is 5.92 Å². The minimum Gasteiger partial charge on any atom is -0.482 e. The predicted molar refractivity (Wildman–Crippen MR) is 111 cm³/mol. The van der Waals surface area contributed by atoms with Crippen molar-refractivity contribution in [1.29, 1.82) is 0 Å². The molecule has 1 N–H and O–H groups in total. The van der Waals surface area contributed by atoms with Gasteiger partial charge in [-0.1, -0.05) is 48.0 Å². The van der Waals surface area contributed by atoms with Crippen LogP contribution in [0.5, 0.6) is 5.75 Å². The van der Waals surface area contributed by atoms with E-state index >= 15 is 0 Å². The average Bonchev–Trinajstić information content (AvgIpc) is 2.60. The molecule has 1 aliphatic carbocycles. The lowest BCUT2D eigenvalue weighted by Crippen LogP contribution is -2.57. The van der Waals surface area contributed by atoms with Gasteiger partial charge in [-0.15, -0.1) is 0 Å². The van der Waals surface area contributed by atoms with Gasteiger partial charge in [0.25, 0.3) is 0 Å². The van der Waals surface area contributed by atoms with Crippen molar-refractivity contribution < 1.29 is 4.74 Å². The molecule has 134 valence electrons. The lowest BCUT2D eigenvalue weighted by molar-refractivity contribution is 0.0603. The molecule has 0 saturated heterocycles. The van der Waals surface area contributed by atoms with Crippen molar-refractivity contribution in [2.45, 2.75) is 50.7 Å². The van der Waals surface area contributed by atoms with Gasteiger partial charge >= 0.3 is 0 Å². The number of para-hydroxylation sites is 1. The van der Waals surface area contributed by atoms with Crippen LogP contribution in [0.1, 0.15) is 44.7 Å². The molecule has 2 heterocycles. The molecule has 1 fully saturated rings. The van der Waals surface area contributed by atoms with E-state index in [1.165, 1.54) is 28.8 Å². The Hall–Kier alpha value is -1.74. The van der Waals surface area contributed by atoms with E-state index < -0.39 is 0 Å². The highest BCUT2D eigenvalue weighted by Gasteiger charge is 2.52. The SMILES string of the molecule is CC12CC[C@H]3[C@@H](Nc4ccccc4C3(C)C)C1=Cc1cc(Br)ccc1O2. The van der Waals surface area contributed by atoms with Crippen LogP contribution in [-0.4, -0.2) is 11.6 Å². The normalized spacial score (nSPS) is 30.5. The lowest BCUT2D eigenvalue weighted by atomic mass is 9.58. The van der Waals surface area contributed by atoms with Crippen LogP contribution in [0.2, 0.25) is 0 Å². The van der Waals surface area contributed by atoms with Crippen molar-refractivity contribution in [2.75, 3.05) is 5.32 Å². The van der Waals surface area contributed by atoms with Gasteiger partial charge in [0.2, 0.25) is 0 Å². The summed E-state index contributed by atoms with van der Waals surface area (Å²) in [5.74, 6) is 1.56. The lowest BCUT2D eigenvalue weighted by Gasteiger charge is -2.54. The molecule has 2 nitrogen and oxygen atoms in total. The van der Waals surface area contributed by atoms with Gasteiger partial charge in [0.1, 0.15) is 11.4 Å². The predicted octanol–water partition coefficient (Wildman–Crippen LogP) is 6.17. The standard InChI is InChI=1S/C23H24BrNO/c1-22(2)16-6-4-5-7-19(16)25-21-17(22)10-11-23(3)18(21)13-14-12-15(24)8-9-20(14)26-23/h4-9,12-13,17,21,25H,10-11H2,1-3H3/t17-,21+,23?/m0/s1. The smallest absolute Gasteiger partial charge is 0.130 e. The Morgan fingerprint density at radius 2 is 1.92 bits per heavy atom. The molecule has 3 atom stereocenters. The van der Waals surface area contributed by atoms with Crippen LogP contribution < -0.4 is 10.1 Å². The minimum absolute atomic E-state index is 0.145. The Morgan fingerprint density at radius 3 is 2.77 bits per heavy atom. The summed E-state index contributed by atoms with van der Waals surface area (Å²) in [6.07, 6.45) is 4.60. The number of ether oxygens (including phenoxy) is 1. The maximum atomic E-state index is 6.55. The molecule has 5 rings (SSSR count). The molecule has 1 saturated carbocycles. The third-order valence-electron chi connectivity index (χ3n) is 6.76. The summed E-state index contributed by atoms with van der Waals surface area (Å²) in [7, 11) is 0. The summed E-state index contributed by atoms with van der Waals surface area (Å²) in [6, 6.07) is 15.4. The molecule has 0 amide bonds. The van der Waals surface area contributed by atoms with E-state index in [9.17, 15) is 0 Å². The zero-order chi connectivity index (χ0) is 18.1. The Kier molecular flexibility index (Phi) is 3.40. The summed E-state index contributed by atoms with van der Waals surface area (Å²) in [5, 5.41) is 3.86. The first-order valence-electron chi connectivity index (χ1n) is 9.45. The monoisotopic (exact) mass is 409 g/mol. The second-order valence-corrected chi connectivity index (χ2v) is 9.56. The Morgan fingerprint density at radius 1 is 1.12 bits per heavy atom. The zero-order valence-electron chi connectivity index (χ0n) is 15.5. The average molecular weight is 410 g/mol. The van der Waals surface area contributed by atoms with Crippen molar-refractivity contribution in [3.8, 4) is 5.75 Å². The molecular formula is C23H24BrNO. The first-order valence-corrected chi connectivity index (χ1v) is 10.2. The molecule has 2 aromatic rings. The Labute approximate surface area is 163 Å². The van der Waals surface area contributed by atoms with Gasteiger partial charge in [-0.25, -0.2) is 0 Å². The number of halogens is 1. The van der Waals surface area contributed by atoms with Gasteiger partial charge in [0.05, 0.1) is 6.04 Å². The van der Waals surface area contributed by atoms with Crippen molar-refractivity contribution in [1.82, 2.24) is 0 Å². The van der Waals surface area contributed by atoms with Gasteiger partial charge in [0.15, 0.2) is 0 Å². The molecule has 0 aromatic heterocycles. The molecule has 26 heavy (non-hydrogen) atoms. The fourth-order valence-corrected chi connectivity index (χ4v) is 5.65. The van der Waals surface area contributed by atoms with Crippen molar-refractivity contribution >= 4 is 27.7 Å². The van der Waals surface area contributed by atoms with Crippen LogP contribution >= 0.6 is 15.9 Å². The molecule has 3 aliphatic rings. The number of fused-ring (bicyclic) bond motifs is 5. The molecule has 0 bridgehead atoms. The zero-order valence-corrected chi connectivity index (χ0v) is 17.1. The number of rotatable bonds is 0. The van der Waals surface area contributed by atoms with Crippen LogP contribution in [-0.2, 0) is 5.41 Å². The highest BCUT2D eigenvalue weighted by molar-refractivity contribution is 9.10. The largest absolute Gasteiger partial charge is 0.482 e. The van der Waals surface area contributed by atoms with Gasteiger partial charge < -0.3 is 10.1 Å². The summed E-state index contributed by atoms with van der Waals surface area (Å²) < 4.78 is 7.65. The maximum Gasteiger partial charge on any atom is 0.130 e. The number of anilines is 1. The first-order chi connectivity index (χ1) is 12.4. The third kappa shape index (κ3) is 2.22. The third-order valence-corrected chi connectivity index (χ3v) is 7.25. The van der Waals surface area contributed by atoms with Gasteiger partial charge in [0, 0.05) is 15.7 Å². The first kappa shape index (κ1) is 16.4. The molecule has 0 radical (unpaired) electrons. The van der Waals surface area contributed by atoms with E-state index in [2.05, 4.69) is 90.6 Å². The molecule has 2 aliphatic heterocycles. The van der Waals surface area contributed by atoms with Crippen LogP contribution in [0.3, 0.4) is 0 Å². The van der Waals surface area contributed by atoms with Crippen molar-refractivity contribution in [2.24, 2.45) is 5.92 Å². The van der Waals surface area contributed by atoms with Crippen LogP contribution in [0.25, 0.3) is 6.08 Å². The van der Waals surface area contributed by atoms with Gasteiger partial charge in [-0.3, -0.25) is 0 Å². The van der Waals surface area contributed by atoms with E-state index in [1.54, 1.807) is 0 Å². The molecular weight excluding hydrogens is 386 g/mol. The van der Waals surface area contributed by atoms with E-state index in [0.29, 0.717) is 12.0 Å². The Balaban J connectivity index is 1.66. The second-order valence-electron chi connectivity index (χ2n) is 8.65. The summed E-state index contributed by atoms with van der Waals surface area (Å²) in [4.78, 5) is 0. The fourth-order valence-electron chi connectivity index (χ4n) is 5.27. The Bertz CT molecular complexity index is 932. The number of hydrogen-bond donors (Lipinski definition) is 1. The summed E-state index contributed by atoms with van der Waals surface area (Å²) in [5.41, 5.74) is 5.19. The quantitative estimate of drug-likeness (QED) is 0.561. The topological polar surface area (TPSA) is 21.3 Å².